The van der Waals surface area contributed by atoms with Crippen LogP contribution in [-0.2, 0) is 21.8 Å². The van der Waals surface area contributed by atoms with Crippen LogP contribution in [0.5, 0.6) is 0 Å². The number of sulfone groups is 1. The van der Waals surface area contributed by atoms with Gasteiger partial charge in [-0.05, 0) is 11.6 Å². The molecule has 0 aliphatic rings. The van der Waals surface area contributed by atoms with Crippen LogP contribution in [0.4, 0.5) is 13.2 Å². The van der Waals surface area contributed by atoms with E-state index in [-0.39, 0.29) is 5.56 Å². The van der Waals surface area contributed by atoms with Crippen LogP contribution in [0.1, 0.15) is 11.1 Å². The van der Waals surface area contributed by atoms with Crippen molar-refractivity contribution in [1.29, 1.82) is 0 Å². The third kappa shape index (κ3) is 4.81. The number of aliphatic hydroxyl groups excluding tert-OH is 2. The normalized spacial score (nSPS) is 14.4. The van der Waals surface area contributed by atoms with Crippen LogP contribution in [0.2, 0.25) is 0 Å². The van der Waals surface area contributed by atoms with Crippen molar-refractivity contribution in [2.45, 2.75) is 18.0 Å². The molecule has 0 amide bonds. The molecule has 0 spiro atoms. The molecular formula is C11H13F3O4S. The van der Waals surface area contributed by atoms with Gasteiger partial charge in [-0.25, -0.2) is 8.42 Å². The zero-order chi connectivity index (χ0) is 14.7. The summed E-state index contributed by atoms with van der Waals surface area (Å²) in [4.78, 5) is 0. The summed E-state index contributed by atoms with van der Waals surface area (Å²) >= 11 is 0. The van der Waals surface area contributed by atoms with E-state index in [1.165, 1.54) is 12.1 Å². The molecule has 19 heavy (non-hydrogen) atoms. The monoisotopic (exact) mass is 298 g/mol. The quantitative estimate of drug-likeness (QED) is 0.849. The predicted octanol–water partition coefficient (Wildman–Crippen LogP) is 0.973. The van der Waals surface area contributed by atoms with Crippen molar-refractivity contribution in [3.63, 3.8) is 0 Å². The van der Waals surface area contributed by atoms with E-state index in [1.54, 1.807) is 0 Å². The Morgan fingerprint density at radius 1 is 1.21 bits per heavy atom. The summed E-state index contributed by atoms with van der Waals surface area (Å²) in [6.45, 7) is -0.764. The number of hydrogen-bond acceptors (Lipinski definition) is 4. The second kappa shape index (κ2) is 5.89. The summed E-state index contributed by atoms with van der Waals surface area (Å²) in [5, 5.41) is 17.6. The Bertz CT molecular complexity index is 525. The highest BCUT2D eigenvalue weighted by atomic mass is 32.2. The number of alkyl halides is 3. The number of rotatable bonds is 5. The lowest BCUT2D eigenvalue weighted by Crippen LogP contribution is -2.25. The molecule has 2 N–H and O–H groups in total. The molecule has 1 atom stereocenters. The predicted molar refractivity (Wildman–Crippen MR) is 62.0 cm³/mol. The molecule has 1 aromatic rings. The van der Waals surface area contributed by atoms with Crippen LogP contribution >= 0.6 is 0 Å². The number of hydrogen-bond donors (Lipinski definition) is 2. The smallest absolute Gasteiger partial charge is 0.394 e. The number of aliphatic hydroxyl groups is 2. The van der Waals surface area contributed by atoms with E-state index in [9.17, 15) is 21.6 Å². The third-order valence-corrected chi connectivity index (χ3v) is 4.00. The van der Waals surface area contributed by atoms with Gasteiger partial charge in [0.2, 0.25) is 0 Å². The summed E-state index contributed by atoms with van der Waals surface area (Å²) in [6, 6.07) is 4.35. The van der Waals surface area contributed by atoms with Crippen molar-refractivity contribution in [3.05, 3.63) is 35.4 Å². The van der Waals surface area contributed by atoms with E-state index < -0.39 is 45.8 Å². The SMILES string of the molecule is O=S(=O)(Cc1ccccc1C(F)(F)F)CC(O)CO. The molecule has 0 heterocycles. The minimum atomic E-state index is -4.64. The van der Waals surface area contributed by atoms with Gasteiger partial charge in [-0.1, -0.05) is 18.2 Å². The Labute approximate surface area is 108 Å². The van der Waals surface area contributed by atoms with Crippen molar-refractivity contribution in [2.24, 2.45) is 0 Å². The molecule has 1 unspecified atom stereocenters. The maximum atomic E-state index is 12.7. The van der Waals surface area contributed by atoms with Gasteiger partial charge in [-0.3, -0.25) is 0 Å². The number of halogens is 3. The fourth-order valence-corrected chi connectivity index (χ4v) is 3.10. The molecule has 0 saturated heterocycles. The van der Waals surface area contributed by atoms with E-state index in [4.69, 9.17) is 10.2 Å². The lowest BCUT2D eigenvalue weighted by molar-refractivity contribution is -0.138. The van der Waals surface area contributed by atoms with Crippen LogP contribution in [0.25, 0.3) is 0 Å². The molecule has 1 aromatic carbocycles. The van der Waals surface area contributed by atoms with E-state index in [1.807, 2.05) is 0 Å². The third-order valence-electron chi connectivity index (χ3n) is 2.36. The standard InChI is InChI=1S/C11H13F3O4S/c12-11(13,14)10-4-2-1-3-8(10)6-19(17,18)7-9(16)5-15/h1-4,9,15-16H,5-7H2. The van der Waals surface area contributed by atoms with Gasteiger partial charge in [0.15, 0.2) is 9.84 Å². The van der Waals surface area contributed by atoms with Crippen molar-refractivity contribution in [1.82, 2.24) is 0 Å². The van der Waals surface area contributed by atoms with Crippen molar-refractivity contribution < 1.29 is 31.8 Å². The first-order chi connectivity index (χ1) is 8.65. The molecule has 8 heteroatoms. The highest BCUT2D eigenvalue weighted by Gasteiger charge is 2.34. The summed E-state index contributed by atoms with van der Waals surface area (Å²) in [7, 11) is -3.94. The first-order valence-corrected chi connectivity index (χ1v) is 7.12. The fraction of sp³-hybridized carbons (Fsp3) is 0.455. The van der Waals surface area contributed by atoms with Gasteiger partial charge >= 0.3 is 6.18 Å². The van der Waals surface area contributed by atoms with Crippen LogP contribution in [0.15, 0.2) is 24.3 Å². The Morgan fingerprint density at radius 3 is 2.32 bits per heavy atom. The highest BCUT2D eigenvalue weighted by Crippen LogP contribution is 2.32. The van der Waals surface area contributed by atoms with Gasteiger partial charge in [0.05, 0.1) is 29.8 Å². The minimum Gasteiger partial charge on any atom is -0.394 e. The molecular weight excluding hydrogens is 285 g/mol. The lowest BCUT2D eigenvalue weighted by Gasteiger charge is -2.13. The van der Waals surface area contributed by atoms with Crippen molar-refractivity contribution in [3.8, 4) is 0 Å². The van der Waals surface area contributed by atoms with E-state index >= 15 is 0 Å². The fourth-order valence-electron chi connectivity index (χ4n) is 1.56. The first-order valence-electron chi connectivity index (χ1n) is 5.30. The molecule has 0 saturated carbocycles. The lowest BCUT2D eigenvalue weighted by atomic mass is 10.1. The number of benzene rings is 1. The van der Waals surface area contributed by atoms with Crippen molar-refractivity contribution >= 4 is 9.84 Å². The summed E-state index contributed by atoms with van der Waals surface area (Å²) < 4.78 is 61.2. The molecule has 0 aliphatic heterocycles. The minimum absolute atomic E-state index is 0.375. The highest BCUT2D eigenvalue weighted by molar-refractivity contribution is 7.90. The maximum absolute atomic E-state index is 12.7. The van der Waals surface area contributed by atoms with Crippen LogP contribution < -0.4 is 0 Å². The average molecular weight is 298 g/mol. The van der Waals surface area contributed by atoms with Gasteiger partial charge in [-0.2, -0.15) is 13.2 Å². The van der Waals surface area contributed by atoms with Gasteiger partial charge < -0.3 is 10.2 Å². The largest absolute Gasteiger partial charge is 0.416 e. The van der Waals surface area contributed by atoms with Gasteiger partial charge in [0.25, 0.3) is 0 Å². The van der Waals surface area contributed by atoms with E-state index in [0.29, 0.717) is 0 Å². The van der Waals surface area contributed by atoms with Crippen LogP contribution in [0, 0.1) is 0 Å². The van der Waals surface area contributed by atoms with E-state index in [2.05, 4.69) is 0 Å². The second-order valence-electron chi connectivity index (χ2n) is 4.05. The molecule has 0 fully saturated rings. The molecule has 0 radical (unpaired) electrons. The zero-order valence-corrected chi connectivity index (χ0v) is 10.6. The maximum Gasteiger partial charge on any atom is 0.416 e. The Hall–Kier alpha value is -1.12. The molecule has 1 rings (SSSR count). The van der Waals surface area contributed by atoms with E-state index in [0.717, 1.165) is 12.1 Å². The Kier molecular flexibility index (Phi) is 4.94. The van der Waals surface area contributed by atoms with Gasteiger partial charge in [-0.15, -0.1) is 0 Å². The second-order valence-corrected chi connectivity index (χ2v) is 6.16. The van der Waals surface area contributed by atoms with Crippen LogP contribution in [-0.4, -0.2) is 37.1 Å². The van der Waals surface area contributed by atoms with Gasteiger partial charge in [0.1, 0.15) is 0 Å². The Balaban J connectivity index is 3.00. The first kappa shape index (κ1) is 15.9. The Morgan fingerprint density at radius 2 is 1.79 bits per heavy atom. The average Bonchev–Trinajstić information content (AvgIpc) is 2.26. The molecule has 0 aromatic heterocycles. The summed E-state index contributed by atoms with van der Waals surface area (Å²) in [5.41, 5.74) is -1.39. The molecule has 4 nitrogen and oxygen atoms in total. The molecule has 0 bridgehead atoms. The topological polar surface area (TPSA) is 74.6 Å². The summed E-state index contributed by atoms with van der Waals surface area (Å²) in [5.74, 6) is -1.62. The molecule has 0 aliphatic carbocycles. The summed E-state index contributed by atoms with van der Waals surface area (Å²) in [6.07, 6.45) is -6.13. The zero-order valence-electron chi connectivity index (χ0n) is 9.76. The molecule has 108 valence electrons. The van der Waals surface area contributed by atoms with Crippen LogP contribution in [0.3, 0.4) is 0 Å². The van der Waals surface area contributed by atoms with Gasteiger partial charge in [0, 0.05) is 0 Å². The van der Waals surface area contributed by atoms with Crippen molar-refractivity contribution in [2.75, 3.05) is 12.4 Å².